The smallest absolute Gasteiger partial charge is 0.233 e. The van der Waals surface area contributed by atoms with Gasteiger partial charge in [0.05, 0.1) is 12.6 Å². The molecule has 1 atom stereocenters. The molecule has 2 rings (SSSR count). The highest BCUT2D eigenvalue weighted by Gasteiger charge is 2.14. The van der Waals surface area contributed by atoms with Crippen LogP contribution in [-0.4, -0.2) is 38.3 Å². The molecular formula is C15H23ClN2O2. The van der Waals surface area contributed by atoms with Crippen LogP contribution in [0.15, 0.2) is 30.3 Å². The first-order valence-corrected chi connectivity index (χ1v) is 6.97. The van der Waals surface area contributed by atoms with Crippen LogP contribution in [-0.2, 0) is 16.0 Å². The topological polar surface area (TPSA) is 50.4 Å². The molecule has 0 aromatic heterocycles. The van der Waals surface area contributed by atoms with E-state index < -0.39 is 0 Å². The fourth-order valence-electron chi connectivity index (χ4n) is 2.21. The number of nitrogens with one attached hydrogen (secondary N) is 2. The van der Waals surface area contributed by atoms with Gasteiger partial charge in [-0.1, -0.05) is 30.3 Å². The predicted octanol–water partition coefficient (Wildman–Crippen LogP) is 1.54. The van der Waals surface area contributed by atoms with Crippen LogP contribution in [0.1, 0.15) is 18.4 Å². The zero-order chi connectivity index (χ0) is 13.3. The van der Waals surface area contributed by atoms with Gasteiger partial charge in [-0.2, -0.15) is 0 Å². The Balaban J connectivity index is 0.00000200. The Bertz CT molecular complexity index is 381. The molecule has 0 saturated carbocycles. The molecule has 1 heterocycles. The van der Waals surface area contributed by atoms with Crippen molar-refractivity contribution in [1.82, 2.24) is 10.6 Å². The Labute approximate surface area is 126 Å². The van der Waals surface area contributed by atoms with Gasteiger partial charge in [-0.25, -0.2) is 0 Å². The van der Waals surface area contributed by atoms with Crippen molar-refractivity contribution in [3.05, 3.63) is 35.9 Å². The first-order chi connectivity index (χ1) is 9.34. The highest BCUT2D eigenvalue weighted by Crippen LogP contribution is 2.10. The van der Waals surface area contributed by atoms with E-state index in [4.69, 9.17) is 4.74 Å². The summed E-state index contributed by atoms with van der Waals surface area (Å²) in [5.74, 6) is 0.0499. The third-order valence-electron chi connectivity index (χ3n) is 3.26. The minimum Gasteiger partial charge on any atom is -0.377 e. The number of amides is 1. The van der Waals surface area contributed by atoms with Gasteiger partial charge in [0.2, 0.25) is 5.91 Å². The highest BCUT2D eigenvalue weighted by atomic mass is 35.5. The van der Waals surface area contributed by atoms with Gasteiger partial charge < -0.3 is 15.4 Å². The van der Waals surface area contributed by atoms with E-state index in [2.05, 4.69) is 22.8 Å². The van der Waals surface area contributed by atoms with Gasteiger partial charge >= 0.3 is 0 Å². The molecule has 1 aliphatic heterocycles. The van der Waals surface area contributed by atoms with E-state index in [0.29, 0.717) is 13.1 Å². The van der Waals surface area contributed by atoms with Gasteiger partial charge in [-0.05, 0) is 24.8 Å². The zero-order valence-electron chi connectivity index (χ0n) is 11.6. The van der Waals surface area contributed by atoms with Crippen molar-refractivity contribution < 1.29 is 9.53 Å². The van der Waals surface area contributed by atoms with Crippen LogP contribution < -0.4 is 10.6 Å². The molecule has 2 N–H and O–H groups in total. The van der Waals surface area contributed by atoms with Crippen LogP contribution in [0.25, 0.3) is 0 Å². The Morgan fingerprint density at radius 3 is 2.80 bits per heavy atom. The molecule has 20 heavy (non-hydrogen) atoms. The molecular weight excluding hydrogens is 276 g/mol. The van der Waals surface area contributed by atoms with Gasteiger partial charge in [0.1, 0.15) is 0 Å². The Kier molecular flexibility index (Phi) is 8.26. The maximum Gasteiger partial charge on any atom is 0.233 e. The molecule has 1 aromatic rings. The van der Waals surface area contributed by atoms with Crippen LogP contribution in [0.3, 0.4) is 0 Å². The van der Waals surface area contributed by atoms with Crippen LogP contribution in [0.4, 0.5) is 0 Å². The summed E-state index contributed by atoms with van der Waals surface area (Å²) in [4.78, 5) is 11.6. The zero-order valence-corrected chi connectivity index (χ0v) is 12.5. The lowest BCUT2D eigenvalue weighted by Gasteiger charge is -2.10. The molecule has 1 unspecified atom stereocenters. The molecule has 112 valence electrons. The number of carbonyl (C=O) groups excluding carboxylic acids is 1. The van der Waals surface area contributed by atoms with Crippen molar-refractivity contribution in [1.29, 1.82) is 0 Å². The molecule has 0 bridgehead atoms. The van der Waals surface area contributed by atoms with Crippen molar-refractivity contribution in [3.8, 4) is 0 Å². The second-order valence-corrected chi connectivity index (χ2v) is 4.85. The van der Waals surface area contributed by atoms with E-state index in [9.17, 15) is 4.79 Å². The summed E-state index contributed by atoms with van der Waals surface area (Å²) in [5.41, 5.74) is 1.25. The Hall–Kier alpha value is -1.10. The van der Waals surface area contributed by atoms with Gasteiger partial charge in [0.15, 0.2) is 0 Å². The Morgan fingerprint density at radius 1 is 1.30 bits per heavy atom. The van der Waals surface area contributed by atoms with Crippen LogP contribution in [0.2, 0.25) is 0 Å². The Morgan fingerprint density at radius 2 is 2.10 bits per heavy atom. The van der Waals surface area contributed by atoms with Crippen LogP contribution in [0.5, 0.6) is 0 Å². The third kappa shape index (κ3) is 6.37. The normalized spacial score (nSPS) is 17.5. The minimum atomic E-state index is 0. The molecule has 5 heteroatoms. The summed E-state index contributed by atoms with van der Waals surface area (Å²) in [5, 5.41) is 6.05. The van der Waals surface area contributed by atoms with Crippen molar-refractivity contribution >= 4 is 18.3 Å². The molecule has 1 saturated heterocycles. The van der Waals surface area contributed by atoms with Gasteiger partial charge in [0, 0.05) is 19.7 Å². The maximum atomic E-state index is 11.6. The first kappa shape index (κ1) is 17.0. The van der Waals surface area contributed by atoms with Crippen molar-refractivity contribution in [3.63, 3.8) is 0 Å². The van der Waals surface area contributed by atoms with Crippen molar-refractivity contribution in [2.75, 3.05) is 26.2 Å². The maximum absolute atomic E-state index is 11.6. The number of benzene rings is 1. The minimum absolute atomic E-state index is 0. The fraction of sp³-hybridized carbons (Fsp3) is 0.533. The van der Waals surface area contributed by atoms with Crippen molar-refractivity contribution in [2.24, 2.45) is 0 Å². The summed E-state index contributed by atoms with van der Waals surface area (Å²) >= 11 is 0. The van der Waals surface area contributed by atoms with E-state index in [-0.39, 0.29) is 24.4 Å². The number of ether oxygens (including phenoxy) is 1. The molecule has 4 nitrogen and oxygen atoms in total. The van der Waals surface area contributed by atoms with Crippen molar-refractivity contribution in [2.45, 2.75) is 25.4 Å². The second kappa shape index (κ2) is 9.75. The average Bonchev–Trinajstić information content (AvgIpc) is 2.93. The lowest BCUT2D eigenvalue weighted by Crippen LogP contribution is -2.37. The predicted molar refractivity (Wildman–Crippen MR) is 82.2 cm³/mol. The molecule has 0 radical (unpaired) electrons. The molecule has 1 fully saturated rings. The van der Waals surface area contributed by atoms with Crippen LogP contribution in [0, 0.1) is 0 Å². The number of carbonyl (C=O) groups is 1. The largest absolute Gasteiger partial charge is 0.377 e. The van der Waals surface area contributed by atoms with E-state index >= 15 is 0 Å². The summed E-state index contributed by atoms with van der Waals surface area (Å²) in [6.45, 7) is 2.68. The monoisotopic (exact) mass is 298 g/mol. The number of hydrogen-bond acceptors (Lipinski definition) is 3. The van der Waals surface area contributed by atoms with Gasteiger partial charge in [0.25, 0.3) is 0 Å². The summed E-state index contributed by atoms with van der Waals surface area (Å²) in [6.07, 6.45) is 3.40. The highest BCUT2D eigenvalue weighted by molar-refractivity contribution is 5.85. The van der Waals surface area contributed by atoms with Gasteiger partial charge in [-0.3, -0.25) is 4.79 Å². The number of rotatable bonds is 7. The summed E-state index contributed by atoms with van der Waals surface area (Å²) in [7, 11) is 0. The van der Waals surface area contributed by atoms with E-state index in [0.717, 1.165) is 32.4 Å². The van der Waals surface area contributed by atoms with E-state index in [1.807, 2.05) is 18.2 Å². The molecule has 0 spiro atoms. The standard InChI is InChI=1S/C15H22N2O2.ClH/c18-15(12-16-11-14-7-4-10-19-14)17-9-8-13-5-2-1-3-6-13;/h1-3,5-6,14,16H,4,7-12H2,(H,17,18);1H. The lowest BCUT2D eigenvalue weighted by atomic mass is 10.1. The summed E-state index contributed by atoms with van der Waals surface area (Å²) in [6, 6.07) is 10.2. The third-order valence-corrected chi connectivity index (χ3v) is 3.26. The van der Waals surface area contributed by atoms with Crippen LogP contribution >= 0.6 is 12.4 Å². The lowest BCUT2D eigenvalue weighted by molar-refractivity contribution is -0.120. The number of halogens is 1. The fourth-order valence-corrected chi connectivity index (χ4v) is 2.21. The number of hydrogen-bond donors (Lipinski definition) is 2. The molecule has 1 aliphatic rings. The SMILES string of the molecule is Cl.O=C(CNCC1CCCO1)NCCc1ccccc1. The average molecular weight is 299 g/mol. The quantitative estimate of drug-likeness (QED) is 0.803. The molecule has 0 aliphatic carbocycles. The van der Waals surface area contributed by atoms with Gasteiger partial charge in [-0.15, -0.1) is 12.4 Å². The second-order valence-electron chi connectivity index (χ2n) is 4.85. The summed E-state index contributed by atoms with van der Waals surface area (Å²) < 4.78 is 5.48. The van der Waals surface area contributed by atoms with E-state index in [1.54, 1.807) is 0 Å². The van der Waals surface area contributed by atoms with E-state index in [1.165, 1.54) is 5.56 Å². The molecule has 1 amide bonds. The molecule has 1 aromatic carbocycles. The first-order valence-electron chi connectivity index (χ1n) is 6.97.